The standard InChI is InChI=1S/C14H20N2O/c1-4-9-15-13(17)8-10-16-14-11(2)6-5-7-12(14)3/h4-7,16H,1,8-10H2,2-3H3,(H,15,17). The van der Waals surface area contributed by atoms with Crippen LogP contribution in [0.4, 0.5) is 5.69 Å². The average molecular weight is 232 g/mol. The Morgan fingerprint density at radius 3 is 2.59 bits per heavy atom. The minimum absolute atomic E-state index is 0.0450. The van der Waals surface area contributed by atoms with Gasteiger partial charge in [-0.2, -0.15) is 0 Å². The van der Waals surface area contributed by atoms with Gasteiger partial charge in [0.05, 0.1) is 0 Å². The first-order chi connectivity index (χ1) is 8.15. The quantitative estimate of drug-likeness (QED) is 0.739. The highest BCUT2D eigenvalue weighted by Crippen LogP contribution is 2.18. The highest BCUT2D eigenvalue weighted by Gasteiger charge is 2.03. The van der Waals surface area contributed by atoms with Crippen molar-refractivity contribution in [3.63, 3.8) is 0 Å². The molecule has 0 radical (unpaired) electrons. The highest BCUT2D eigenvalue weighted by molar-refractivity contribution is 5.76. The molecule has 1 aromatic rings. The number of amides is 1. The van der Waals surface area contributed by atoms with Crippen LogP contribution < -0.4 is 10.6 Å². The van der Waals surface area contributed by atoms with Gasteiger partial charge in [-0.15, -0.1) is 6.58 Å². The predicted octanol–water partition coefficient (Wildman–Crippen LogP) is 2.41. The second kappa shape index (κ2) is 6.74. The predicted molar refractivity (Wildman–Crippen MR) is 72.2 cm³/mol. The molecule has 0 unspecified atom stereocenters. The van der Waals surface area contributed by atoms with Gasteiger partial charge in [-0.25, -0.2) is 0 Å². The van der Waals surface area contributed by atoms with E-state index in [0.29, 0.717) is 19.5 Å². The van der Waals surface area contributed by atoms with Crippen molar-refractivity contribution in [3.8, 4) is 0 Å². The van der Waals surface area contributed by atoms with Crippen molar-refractivity contribution < 1.29 is 4.79 Å². The molecule has 92 valence electrons. The van der Waals surface area contributed by atoms with E-state index in [9.17, 15) is 4.79 Å². The van der Waals surface area contributed by atoms with Gasteiger partial charge in [-0.3, -0.25) is 4.79 Å². The minimum atomic E-state index is 0.0450. The summed E-state index contributed by atoms with van der Waals surface area (Å²) in [6.07, 6.45) is 2.15. The first-order valence-corrected chi connectivity index (χ1v) is 5.83. The lowest BCUT2D eigenvalue weighted by Crippen LogP contribution is -2.25. The zero-order valence-corrected chi connectivity index (χ0v) is 10.5. The third-order valence-corrected chi connectivity index (χ3v) is 2.58. The lowest BCUT2D eigenvalue weighted by atomic mass is 10.1. The molecular weight excluding hydrogens is 212 g/mol. The van der Waals surface area contributed by atoms with Gasteiger partial charge < -0.3 is 10.6 Å². The maximum absolute atomic E-state index is 11.4. The van der Waals surface area contributed by atoms with Gasteiger partial charge in [-0.05, 0) is 25.0 Å². The van der Waals surface area contributed by atoms with Crippen LogP contribution in [0.3, 0.4) is 0 Å². The molecule has 3 nitrogen and oxygen atoms in total. The number of carbonyl (C=O) groups is 1. The zero-order chi connectivity index (χ0) is 12.7. The van der Waals surface area contributed by atoms with Gasteiger partial charge >= 0.3 is 0 Å². The van der Waals surface area contributed by atoms with E-state index >= 15 is 0 Å². The lowest BCUT2D eigenvalue weighted by Gasteiger charge is -2.12. The molecule has 0 aliphatic carbocycles. The summed E-state index contributed by atoms with van der Waals surface area (Å²) in [5.41, 5.74) is 3.54. The molecule has 0 saturated heterocycles. The monoisotopic (exact) mass is 232 g/mol. The van der Waals surface area contributed by atoms with E-state index in [4.69, 9.17) is 0 Å². The number of hydrogen-bond acceptors (Lipinski definition) is 2. The van der Waals surface area contributed by atoms with E-state index in [0.717, 1.165) is 5.69 Å². The first-order valence-electron chi connectivity index (χ1n) is 5.83. The normalized spacial score (nSPS) is 9.76. The van der Waals surface area contributed by atoms with Crippen LogP contribution in [0.2, 0.25) is 0 Å². The largest absolute Gasteiger partial charge is 0.384 e. The van der Waals surface area contributed by atoms with E-state index in [2.05, 4.69) is 43.2 Å². The molecule has 0 aliphatic rings. The van der Waals surface area contributed by atoms with Crippen LogP contribution in [0.5, 0.6) is 0 Å². The van der Waals surface area contributed by atoms with Gasteiger partial charge in [-0.1, -0.05) is 24.3 Å². The molecule has 0 spiro atoms. The molecule has 0 atom stereocenters. The molecule has 0 saturated carbocycles. The van der Waals surface area contributed by atoms with Crippen molar-refractivity contribution in [3.05, 3.63) is 42.0 Å². The number of carbonyl (C=O) groups excluding carboxylic acids is 1. The highest BCUT2D eigenvalue weighted by atomic mass is 16.1. The molecule has 1 aromatic carbocycles. The summed E-state index contributed by atoms with van der Waals surface area (Å²) in [4.78, 5) is 11.4. The Bertz CT molecular complexity index is 379. The Hall–Kier alpha value is -1.77. The van der Waals surface area contributed by atoms with Crippen molar-refractivity contribution in [1.29, 1.82) is 0 Å². The Morgan fingerprint density at radius 1 is 1.35 bits per heavy atom. The van der Waals surface area contributed by atoms with Crippen molar-refractivity contribution >= 4 is 11.6 Å². The molecule has 17 heavy (non-hydrogen) atoms. The SMILES string of the molecule is C=CCNC(=O)CCNc1c(C)cccc1C. The van der Waals surface area contributed by atoms with E-state index in [1.807, 2.05) is 6.07 Å². The molecule has 1 rings (SSSR count). The smallest absolute Gasteiger partial charge is 0.222 e. The van der Waals surface area contributed by atoms with E-state index in [1.165, 1.54) is 11.1 Å². The van der Waals surface area contributed by atoms with Crippen LogP contribution in [0, 0.1) is 13.8 Å². The Morgan fingerprint density at radius 2 is 2.00 bits per heavy atom. The van der Waals surface area contributed by atoms with E-state index < -0.39 is 0 Å². The molecule has 1 amide bonds. The molecule has 0 aliphatic heterocycles. The Kier molecular flexibility index (Phi) is 5.27. The molecule has 0 bridgehead atoms. The van der Waals surface area contributed by atoms with Crippen LogP contribution >= 0.6 is 0 Å². The third-order valence-electron chi connectivity index (χ3n) is 2.58. The molecule has 0 fully saturated rings. The summed E-state index contributed by atoms with van der Waals surface area (Å²) >= 11 is 0. The Balaban J connectivity index is 2.40. The summed E-state index contributed by atoms with van der Waals surface area (Å²) in [7, 11) is 0. The number of hydrogen-bond donors (Lipinski definition) is 2. The van der Waals surface area contributed by atoms with Crippen LogP contribution in [0.15, 0.2) is 30.9 Å². The van der Waals surface area contributed by atoms with Crippen LogP contribution in [-0.4, -0.2) is 19.0 Å². The van der Waals surface area contributed by atoms with Crippen molar-refractivity contribution in [2.45, 2.75) is 20.3 Å². The number of para-hydroxylation sites is 1. The second-order valence-electron chi connectivity index (χ2n) is 4.04. The molecule has 2 N–H and O–H groups in total. The fraction of sp³-hybridized carbons (Fsp3) is 0.357. The maximum atomic E-state index is 11.4. The Labute approximate surface area is 103 Å². The first kappa shape index (κ1) is 13.3. The van der Waals surface area contributed by atoms with E-state index in [1.54, 1.807) is 6.08 Å². The van der Waals surface area contributed by atoms with E-state index in [-0.39, 0.29) is 5.91 Å². The van der Waals surface area contributed by atoms with Crippen molar-refractivity contribution in [2.24, 2.45) is 0 Å². The minimum Gasteiger partial charge on any atom is -0.384 e. The number of aryl methyl sites for hydroxylation is 2. The molecular formula is C14H20N2O. The third kappa shape index (κ3) is 4.31. The fourth-order valence-corrected chi connectivity index (χ4v) is 1.67. The number of anilines is 1. The summed E-state index contributed by atoms with van der Waals surface area (Å²) in [6.45, 7) is 8.86. The number of benzene rings is 1. The summed E-state index contributed by atoms with van der Waals surface area (Å²) < 4.78 is 0. The maximum Gasteiger partial charge on any atom is 0.222 e. The summed E-state index contributed by atoms with van der Waals surface area (Å²) in [5, 5.41) is 6.05. The molecule has 0 aromatic heterocycles. The van der Waals surface area contributed by atoms with Crippen LogP contribution in [-0.2, 0) is 4.79 Å². The molecule has 0 heterocycles. The summed E-state index contributed by atoms with van der Waals surface area (Å²) in [5.74, 6) is 0.0450. The van der Waals surface area contributed by atoms with Gasteiger partial charge in [0.15, 0.2) is 0 Å². The zero-order valence-electron chi connectivity index (χ0n) is 10.5. The molecule has 3 heteroatoms. The van der Waals surface area contributed by atoms with Gasteiger partial charge in [0.1, 0.15) is 0 Å². The van der Waals surface area contributed by atoms with Gasteiger partial charge in [0.2, 0.25) is 5.91 Å². The van der Waals surface area contributed by atoms with Gasteiger partial charge in [0.25, 0.3) is 0 Å². The average Bonchev–Trinajstić information content (AvgIpc) is 2.30. The lowest BCUT2D eigenvalue weighted by molar-refractivity contribution is -0.120. The summed E-state index contributed by atoms with van der Waals surface area (Å²) in [6, 6.07) is 6.16. The van der Waals surface area contributed by atoms with Gasteiger partial charge in [0, 0.05) is 25.2 Å². The topological polar surface area (TPSA) is 41.1 Å². The second-order valence-corrected chi connectivity index (χ2v) is 4.04. The van der Waals surface area contributed by atoms with Crippen LogP contribution in [0.1, 0.15) is 17.5 Å². The van der Waals surface area contributed by atoms with Crippen molar-refractivity contribution in [2.75, 3.05) is 18.4 Å². The fourth-order valence-electron chi connectivity index (χ4n) is 1.67. The van der Waals surface area contributed by atoms with Crippen molar-refractivity contribution in [1.82, 2.24) is 5.32 Å². The van der Waals surface area contributed by atoms with Crippen LogP contribution in [0.25, 0.3) is 0 Å². The number of rotatable bonds is 6. The number of nitrogens with one attached hydrogen (secondary N) is 2.